The largest absolute Gasteiger partial charge is 0.460 e. The Morgan fingerprint density at radius 2 is 1.02 bits per heavy atom. The van der Waals surface area contributed by atoms with Crippen molar-refractivity contribution in [3.05, 3.63) is 239 Å². The van der Waals surface area contributed by atoms with Gasteiger partial charge < -0.3 is 9.15 Å². The maximum atomic E-state index is 6.89. The number of allylic oxidation sites excluding steroid dienone is 1. The topological polar surface area (TPSA) is 61.0 Å². The van der Waals surface area contributed by atoms with Crippen LogP contribution in [0.3, 0.4) is 0 Å². The van der Waals surface area contributed by atoms with E-state index in [9.17, 15) is 0 Å². The van der Waals surface area contributed by atoms with Crippen molar-refractivity contribution >= 4 is 17.0 Å². The fourth-order valence-corrected chi connectivity index (χ4v) is 10.4. The molecule has 63 heavy (non-hydrogen) atoms. The molecule has 13 rings (SSSR count). The van der Waals surface area contributed by atoms with Crippen LogP contribution in [0.2, 0.25) is 0 Å². The Bertz CT molecular complexity index is 3430. The van der Waals surface area contributed by atoms with Crippen molar-refractivity contribution in [3.63, 3.8) is 0 Å². The molecule has 0 amide bonds. The summed E-state index contributed by atoms with van der Waals surface area (Å²) in [5.74, 6) is 4.65. The summed E-state index contributed by atoms with van der Waals surface area (Å²) in [4.78, 5) is 15.5. The number of nitrogens with zero attached hydrogens (tertiary/aromatic N) is 3. The van der Waals surface area contributed by atoms with Crippen molar-refractivity contribution < 1.29 is 9.15 Å². The van der Waals surface area contributed by atoms with Crippen molar-refractivity contribution in [1.29, 1.82) is 0 Å². The Kier molecular flexibility index (Phi) is 7.88. The van der Waals surface area contributed by atoms with E-state index < -0.39 is 5.41 Å². The molecule has 0 N–H and O–H groups in total. The van der Waals surface area contributed by atoms with Gasteiger partial charge in [-0.1, -0.05) is 188 Å². The lowest BCUT2D eigenvalue weighted by atomic mass is 9.66. The number of para-hydroxylation sites is 2. The number of aromatic nitrogens is 3. The standard InChI is InChI=1S/C58H37N3O2/c1-2-15-37(16-3-1)55-59-56(38-31-29-36(30-32-38)41-22-14-23-45-44-20-8-12-27-51(44)63-54(41)45)61-57(60-55)46-21-5-4-17-40(46)39-33-34-50-53(35-39)62-52-28-13-11-26-49(52)58(50)47-24-9-6-18-42(47)43-19-7-10-25-48(43)58/h1-21,23-35,41H,22H2. The van der Waals surface area contributed by atoms with Crippen LogP contribution < -0.4 is 4.74 Å². The van der Waals surface area contributed by atoms with Gasteiger partial charge in [0.05, 0.1) is 5.41 Å². The molecule has 0 saturated heterocycles. The van der Waals surface area contributed by atoms with Gasteiger partial charge in [0, 0.05) is 44.7 Å². The minimum Gasteiger partial charge on any atom is -0.460 e. The van der Waals surface area contributed by atoms with E-state index in [1.807, 2.05) is 42.5 Å². The average Bonchev–Trinajstić information content (AvgIpc) is 3.88. The zero-order valence-electron chi connectivity index (χ0n) is 34.1. The van der Waals surface area contributed by atoms with Crippen LogP contribution in [0.4, 0.5) is 0 Å². The quantitative estimate of drug-likeness (QED) is 0.173. The molecule has 3 aliphatic rings. The Morgan fingerprint density at radius 3 is 1.78 bits per heavy atom. The molecule has 2 aromatic heterocycles. The van der Waals surface area contributed by atoms with E-state index in [1.54, 1.807) is 0 Å². The van der Waals surface area contributed by atoms with Gasteiger partial charge in [0.1, 0.15) is 22.8 Å². The maximum Gasteiger partial charge on any atom is 0.164 e. The highest BCUT2D eigenvalue weighted by Crippen LogP contribution is 2.62. The summed E-state index contributed by atoms with van der Waals surface area (Å²) in [6.07, 6.45) is 5.32. The molecule has 1 aliphatic heterocycles. The van der Waals surface area contributed by atoms with Crippen LogP contribution in [-0.2, 0) is 5.41 Å². The van der Waals surface area contributed by atoms with Crippen molar-refractivity contribution in [2.45, 2.75) is 17.8 Å². The Labute approximate surface area is 364 Å². The highest BCUT2D eigenvalue weighted by Gasteiger charge is 2.51. The smallest absolute Gasteiger partial charge is 0.164 e. The van der Waals surface area contributed by atoms with Crippen molar-refractivity contribution in [1.82, 2.24) is 15.0 Å². The van der Waals surface area contributed by atoms with Gasteiger partial charge in [-0.2, -0.15) is 0 Å². The van der Waals surface area contributed by atoms with E-state index in [0.29, 0.717) is 17.5 Å². The molecule has 1 spiro atoms. The Hall–Kier alpha value is -8.15. The Balaban J connectivity index is 0.929. The van der Waals surface area contributed by atoms with E-state index in [2.05, 4.69) is 164 Å². The summed E-state index contributed by atoms with van der Waals surface area (Å²) in [7, 11) is 0. The van der Waals surface area contributed by atoms with Crippen molar-refractivity contribution in [3.8, 4) is 67.9 Å². The predicted octanol–water partition coefficient (Wildman–Crippen LogP) is 14.3. The summed E-state index contributed by atoms with van der Waals surface area (Å²) in [5, 5.41) is 1.15. The molecule has 2 aliphatic carbocycles. The summed E-state index contributed by atoms with van der Waals surface area (Å²) < 4.78 is 13.3. The zero-order chi connectivity index (χ0) is 41.5. The lowest BCUT2D eigenvalue weighted by Crippen LogP contribution is -2.32. The Morgan fingerprint density at radius 1 is 0.444 bits per heavy atom. The van der Waals surface area contributed by atoms with Gasteiger partial charge >= 0.3 is 0 Å². The summed E-state index contributed by atoms with van der Waals surface area (Å²) in [6, 6.07) is 68.3. The van der Waals surface area contributed by atoms with Crippen LogP contribution in [0.1, 0.15) is 51.5 Å². The van der Waals surface area contributed by atoms with Crippen LogP contribution >= 0.6 is 0 Å². The van der Waals surface area contributed by atoms with Gasteiger partial charge in [-0.3, -0.25) is 0 Å². The second-order valence-corrected chi connectivity index (χ2v) is 16.6. The first-order chi connectivity index (χ1) is 31.2. The molecule has 5 heteroatoms. The summed E-state index contributed by atoms with van der Waals surface area (Å²) in [6.45, 7) is 0. The fourth-order valence-electron chi connectivity index (χ4n) is 10.4. The number of hydrogen-bond acceptors (Lipinski definition) is 5. The highest BCUT2D eigenvalue weighted by molar-refractivity contribution is 5.91. The molecule has 0 bridgehead atoms. The van der Waals surface area contributed by atoms with E-state index in [4.69, 9.17) is 24.1 Å². The number of ether oxygens (including phenoxy) is 1. The number of benzene rings is 8. The number of fused-ring (bicyclic) bond motifs is 12. The molecular formula is C58H37N3O2. The number of hydrogen-bond donors (Lipinski definition) is 0. The van der Waals surface area contributed by atoms with Crippen LogP contribution in [-0.4, -0.2) is 15.0 Å². The molecule has 3 heterocycles. The van der Waals surface area contributed by atoms with Crippen LogP contribution in [0.5, 0.6) is 11.5 Å². The van der Waals surface area contributed by atoms with Gasteiger partial charge in [0.2, 0.25) is 0 Å². The SMILES string of the molecule is C1=Cc2c(oc3ccccc23)C(c2ccc(-c3nc(-c4ccccc4)nc(-c4ccccc4-c4ccc5c(c4)Oc4ccccc4C54c5ccccc5-c5ccccc54)n3)cc2)C1. The molecule has 10 aromatic rings. The second kappa shape index (κ2) is 13.9. The van der Waals surface area contributed by atoms with E-state index in [1.165, 1.54) is 33.4 Å². The molecule has 0 fully saturated rings. The van der Waals surface area contributed by atoms with Crippen LogP contribution in [0.25, 0.3) is 73.5 Å². The minimum absolute atomic E-state index is 0.120. The first-order valence-corrected chi connectivity index (χ1v) is 21.5. The third-order valence-corrected chi connectivity index (χ3v) is 13.2. The molecule has 8 aromatic carbocycles. The van der Waals surface area contributed by atoms with Gasteiger partial charge in [-0.05, 0) is 63.6 Å². The van der Waals surface area contributed by atoms with Crippen molar-refractivity contribution in [2.75, 3.05) is 0 Å². The van der Waals surface area contributed by atoms with Crippen LogP contribution in [0, 0.1) is 0 Å². The van der Waals surface area contributed by atoms with Crippen molar-refractivity contribution in [2.24, 2.45) is 0 Å². The lowest BCUT2D eigenvalue weighted by molar-refractivity contribution is 0.436. The summed E-state index contributed by atoms with van der Waals surface area (Å²) in [5.41, 5.74) is 14.8. The fraction of sp³-hybridized carbons (Fsp3) is 0.0517. The molecular weight excluding hydrogens is 771 g/mol. The number of rotatable bonds is 5. The zero-order valence-corrected chi connectivity index (χ0v) is 34.1. The lowest BCUT2D eigenvalue weighted by Gasteiger charge is -2.39. The first-order valence-electron chi connectivity index (χ1n) is 21.5. The first kappa shape index (κ1) is 35.6. The van der Waals surface area contributed by atoms with E-state index in [-0.39, 0.29) is 5.92 Å². The number of furan rings is 1. The average molecular weight is 808 g/mol. The second-order valence-electron chi connectivity index (χ2n) is 16.6. The van der Waals surface area contributed by atoms with Gasteiger partial charge in [-0.15, -0.1) is 0 Å². The molecule has 1 unspecified atom stereocenters. The highest BCUT2D eigenvalue weighted by atomic mass is 16.5. The molecule has 0 saturated carbocycles. The predicted molar refractivity (Wildman–Crippen MR) is 251 cm³/mol. The molecule has 5 nitrogen and oxygen atoms in total. The maximum absolute atomic E-state index is 6.89. The van der Waals surface area contributed by atoms with Crippen LogP contribution in [0.15, 0.2) is 205 Å². The molecule has 0 radical (unpaired) electrons. The van der Waals surface area contributed by atoms with Gasteiger partial charge in [-0.25, -0.2) is 15.0 Å². The minimum atomic E-state index is -0.527. The monoisotopic (exact) mass is 807 g/mol. The van der Waals surface area contributed by atoms with E-state index >= 15 is 0 Å². The molecule has 296 valence electrons. The van der Waals surface area contributed by atoms with Gasteiger partial charge in [0.15, 0.2) is 17.5 Å². The van der Waals surface area contributed by atoms with E-state index in [0.717, 1.165) is 73.6 Å². The van der Waals surface area contributed by atoms with Gasteiger partial charge in [0.25, 0.3) is 0 Å². The summed E-state index contributed by atoms with van der Waals surface area (Å²) >= 11 is 0. The third-order valence-electron chi connectivity index (χ3n) is 13.2. The third kappa shape index (κ3) is 5.39. The normalized spacial score (nSPS) is 15.0. The molecule has 1 atom stereocenters.